The Morgan fingerprint density at radius 2 is 1.88 bits per heavy atom. The van der Waals surface area contributed by atoms with E-state index in [0.29, 0.717) is 5.69 Å². The number of nitrogens with one attached hydrogen (secondary N) is 2. The Morgan fingerprint density at radius 1 is 1.15 bits per heavy atom. The number of hydrogen-bond donors (Lipinski definition) is 2. The molecule has 0 saturated carbocycles. The third kappa shape index (κ3) is 4.60. The number of anilines is 1. The fraction of sp³-hybridized carbons (Fsp3) is 0.176. The van der Waals surface area contributed by atoms with Crippen LogP contribution in [0.3, 0.4) is 0 Å². The van der Waals surface area contributed by atoms with E-state index in [9.17, 15) is 18.0 Å². The van der Waals surface area contributed by atoms with Gasteiger partial charge in [-0.2, -0.15) is 0 Å². The zero-order valence-electron chi connectivity index (χ0n) is 14.1. The number of ether oxygens (including phenoxy) is 1. The zero-order valence-corrected chi connectivity index (χ0v) is 15.6. The molecule has 2 N–H and O–H groups in total. The highest BCUT2D eigenvalue weighted by Crippen LogP contribution is 2.22. The SMILES string of the molecule is CCOC(=O)c1cc(NC(=O)c2cccc(S(=O)(=O)NC)c2)ccc1Cl. The Balaban J connectivity index is 2.27. The van der Waals surface area contributed by atoms with Gasteiger partial charge < -0.3 is 10.1 Å². The predicted molar refractivity (Wildman–Crippen MR) is 98.0 cm³/mol. The van der Waals surface area contributed by atoms with Crippen molar-refractivity contribution < 1.29 is 22.7 Å². The first-order valence-corrected chi connectivity index (χ1v) is 9.46. The van der Waals surface area contributed by atoms with Gasteiger partial charge in [-0.25, -0.2) is 17.9 Å². The Labute approximate surface area is 156 Å². The topological polar surface area (TPSA) is 102 Å². The summed E-state index contributed by atoms with van der Waals surface area (Å²) in [7, 11) is -2.38. The van der Waals surface area contributed by atoms with Crippen LogP contribution in [-0.4, -0.2) is 33.9 Å². The van der Waals surface area contributed by atoms with Crippen LogP contribution in [0.2, 0.25) is 5.02 Å². The number of halogens is 1. The normalized spacial score (nSPS) is 11.0. The van der Waals surface area contributed by atoms with Gasteiger partial charge in [-0.1, -0.05) is 17.7 Å². The molecule has 0 aliphatic carbocycles. The van der Waals surface area contributed by atoms with Crippen LogP contribution in [0.4, 0.5) is 5.69 Å². The van der Waals surface area contributed by atoms with Crippen molar-refractivity contribution >= 4 is 39.2 Å². The van der Waals surface area contributed by atoms with E-state index in [-0.39, 0.29) is 27.7 Å². The number of carbonyl (C=O) groups excluding carboxylic acids is 2. The molecule has 0 aliphatic heterocycles. The highest BCUT2D eigenvalue weighted by atomic mass is 35.5. The minimum absolute atomic E-state index is 0.0315. The summed E-state index contributed by atoms with van der Waals surface area (Å²) in [6, 6.07) is 9.96. The van der Waals surface area contributed by atoms with Gasteiger partial charge in [0.05, 0.1) is 22.1 Å². The average molecular weight is 397 g/mol. The Morgan fingerprint density at radius 3 is 2.54 bits per heavy atom. The minimum atomic E-state index is -3.67. The highest BCUT2D eigenvalue weighted by Gasteiger charge is 2.16. The molecule has 0 atom stereocenters. The number of rotatable bonds is 6. The molecule has 2 aromatic rings. The van der Waals surface area contributed by atoms with Crippen molar-refractivity contribution in [3.63, 3.8) is 0 Å². The Hall–Kier alpha value is -2.42. The van der Waals surface area contributed by atoms with Crippen molar-refractivity contribution in [1.82, 2.24) is 4.72 Å². The molecule has 2 aromatic carbocycles. The van der Waals surface area contributed by atoms with Gasteiger partial charge >= 0.3 is 5.97 Å². The summed E-state index contributed by atoms with van der Waals surface area (Å²) >= 11 is 5.98. The smallest absolute Gasteiger partial charge is 0.339 e. The minimum Gasteiger partial charge on any atom is -0.462 e. The van der Waals surface area contributed by atoms with Gasteiger partial charge in [0.2, 0.25) is 10.0 Å². The van der Waals surface area contributed by atoms with E-state index in [0.717, 1.165) is 0 Å². The average Bonchev–Trinajstić information content (AvgIpc) is 2.63. The van der Waals surface area contributed by atoms with Gasteiger partial charge in [-0.3, -0.25) is 4.79 Å². The Kier molecular flexibility index (Phi) is 6.36. The number of esters is 1. The number of sulfonamides is 1. The van der Waals surface area contributed by atoms with Crippen molar-refractivity contribution in [1.29, 1.82) is 0 Å². The van der Waals surface area contributed by atoms with Gasteiger partial charge in [0.15, 0.2) is 0 Å². The van der Waals surface area contributed by atoms with E-state index in [1.165, 1.54) is 49.5 Å². The number of hydrogen-bond acceptors (Lipinski definition) is 5. The quantitative estimate of drug-likeness (QED) is 0.731. The fourth-order valence-corrected chi connectivity index (χ4v) is 3.06. The van der Waals surface area contributed by atoms with E-state index < -0.39 is 21.9 Å². The molecule has 0 fully saturated rings. The fourth-order valence-electron chi connectivity index (χ4n) is 2.09. The second kappa shape index (κ2) is 8.31. The summed E-state index contributed by atoms with van der Waals surface area (Å²) in [6.07, 6.45) is 0. The third-order valence-electron chi connectivity index (χ3n) is 3.39. The largest absolute Gasteiger partial charge is 0.462 e. The molecule has 0 unspecified atom stereocenters. The van der Waals surface area contributed by atoms with Crippen LogP contribution in [-0.2, 0) is 14.8 Å². The lowest BCUT2D eigenvalue weighted by molar-refractivity contribution is 0.0526. The maximum Gasteiger partial charge on any atom is 0.339 e. The molecule has 0 aliphatic rings. The second-order valence-corrected chi connectivity index (χ2v) is 7.40. The van der Waals surface area contributed by atoms with Gasteiger partial charge in [-0.05, 0) is 50.4 Å². The lowest BCUT2D eigenvalue weighted by Gasteiger charge is -2.10. The standard InChI is InChI=1S/C17H17ClN2O5S/c1-3-25-17(22)14-10-12(7-8-15(14)18)20-16(21)11-5-4-6-13(9-11)26(23,24)19-2/h4-10,19H,3H2,1-2H3,(H,20,21). The van der Waals surface area contributed by atoms with Crippen molar-refractivity contribution in [2.45, 2.75) is 11.8 Å². The first-order chi connectivity index (χ1) is 12.3. The summed E-state index contributed by atoms with van der Waals surface area (Å²) in [6.45, 7) is 1.86. The first kappa shape index (κ1) is 19.9. The van der Waals surface area contributed by atoms with Crippen LogP contribution in [0.5, 0.6) is 0 Å². The van der Waals surface area contributed by atoms with Crippen LogP contribution in [0.25, 0.3) is 0 Å². The maximum absolute atomic E-state index is 12.4. The highest BCUT2D eigenvalue weighted by molar-refractivity contribution is 7.89. The van der Waals surface area contributed by atoms with Gasteiger partial charge in [0, 0.05) is 11.3 Å². The predicted octanol–water partition coefficient (Wildman–Crippen LogP) is 2.68. The monoisotopic (exact) mass is 396 g/mol. The summed E-state index contributed by atoms with van der Waals surface area (Å²) in [4.78, 5) is 24.2. The first-order valence-electron chi connectivity index (χ1n) is 7.60. The maximum atomic E-state index is 12.4. The van der Waals surface area contributed by atoms with E-state index in [4.69, 9.17) is 16.3 Å². The Bertz CT molecular complexity index is 944. The molecule has 0 heterocycles. The molecule has 0 bridgehead atoms. The molecule has 7 nitrogen and oxygen atoms in total. The van der Waals surface area contributed by atoms with E-state index in [1.54, 1.807) is 6.92 Å². The number of carbonyl (C=O) groups is 2. The van der Waals surface area contributed by atoms with Crippen molar-refractivity contribution in [3.8, 4) is 0 Å². The molecule has 0 radical (unpaired) electrons. The summed E-state index contributed by atoms with van der Waals surface area (Å²) < 4.78 is 30.8. The van der Waals surface area contributed by atoms with Crippen LogP contribution in [0, 0.1) is 0 Å². The molecule has 0 saturated heterocycles. The van der Waals surface area contributed by atoms with E-state index >= 15 is 0 Å². The second-order valence-electron chi connectivity index (χ2n) is 5.10. The van der Waals surface area contributed by atoms with Gasteiger partial charge in [0.25, 0.3) is 5.91 Å². The van der Waals surface area contributed by atoms with Crippen molar-refractivity contribution in [2.24, 2.45) is 0 Å². The molecule has 138 valence electrons. The summed E-state index contributed by atoms with van der Waals surface area (Å²) in [5.74, 6) is -1.13. The molecule has 0 aromatic heterocycles. The molecule has 1 amide bonds. The van der Waals surface area contributed by atoms with Crippen LogP contribution in [0.1, 0.15) is 27.6 Å². The molecule has 26 heavy (non-hydrogen) atoms. The molecule has 0 spiro atoms. The van der Waals surface area contributed by atoms with E-state index in [1.807, 2.05) is 0 Å². The van der Waals surface area contributed by atoms with Crippen molar-refractivity contribution in [2.75, 3.05) is 19.0 Å². The lowest BCUT2D eigenvalue weighted by Crippen LogP contribution is -2.19. The molecule has 2 rings (SSSR count). The lowest BCUT2D eigenvalue weighted by atomic mass is 10.1. The van der Waals surface area contributed by atoms with Gasteiger partial charge in [0.1, 0.15) is 0 Å². The third-order valence-corrected chi connectivity index (χ3v) is 5.14. The van der Waals surface area contributed by atoms with Crippen LogP contribution < -0.4 is 10.0 Å². The van der Waals surface area contributed by atoms with Crippen molar-refractivity contribution in [3.05, 3.63) is 58.6 Å². The summed E-state index contributed by atoms with van der Waals surface area (Å²) in [5.41, 5.74) is 0.594. The number of amides is 1. The van der Waals surface area contributed by atoms with Crippen LogP contribution >= 0.6 is 11.6 Å². The molecular weight excluding hydrogens is 380 g/mol. The number of benzene rings is 2. The molecule has 9 heteroatoms. The summed E-state index contributed by atoms with van der Waals surface area (Å²) in [5, 5.41) is 2.80. The van der Waals surface area contributed by atoms with E-state index in [2.05, 4.69) is 10.0 Å². The molecular formula is C17H17ClN2O5S. The van der Waals surface area contributed by atoms with Gasteiger partial charge in [-0.15, -0.1) is 0 Å². The zero-order chi connectivity index (χ0) is 19.3. The van der Waals surface area contributed by atoms with Crippen LogP contribution in [0.15, 0.2) is 47.4 Å².